The number of hydrogen-bond donors (Lipinski definition) is 2. The van der Waals surface area contributed by atoms with Gasteiger partial charge in [0.15, 0.2) is 0 Å². The monoisotopic (exact) mass is 312 g/mol. The summed E-state index contributed by atoms with van der Waals surface area (Å²) in [6.07, 6.45) is 0. The Balaban J connectivity index is 3.06. The number of carbonyl (C=O) groups is 1. The Morgan fingerprint density at radius 1 is 1.25 bits per heavy atom. The fourth-order valence-electron chi connectivity index (χ4n) is 1.35. The van der Waals surface area contributed by atoms with Crippen LogP contribution in [0.25, 0.3) is 0 Å². The molecule has 1 rings (SSSR count). The van der Waals surface area contributed by atoms with Gasteiger partial charge in [0.05, 0.1) is 6.54 Å². The average Bonchev–Trinajstić information content (AvgIpc) is 2.37. The quantitative estimate of drug-likeness (QED) is 0.623. The molecule has 1 aromatic carbocycles. The Kier molecular flexibility index (Phi) is 5.09. The average molecular weight is 312 g/mol. The molecular formula is C10H11F3N2O4S. The van der Waals surface area contributed by atoms with E-state index in [9.17, 15) is 26.4 Å². The maximum Gasteiger partial charge on any atom is 0.511 e. The van der Waals surface area contributed by atoms with Gasteiger partial charge in [0, 0.05) is 6.54 Å². The lowest BCUT2D eigenvalue weighted by Gasteiger charge is -2.22. The number of halogens is 3. The number of hydroxylamine groups is 1. The first kappa shape index (κ1) is 16.4. The molecule has 0 atom stereocenters. The lowest BCUT2D eigenvalue weighted by molar-refractivity contribution is -0.129. The van der Waals surface area contributed by atoms with E-state index in [0.717, 1.165) is 5.48 Å². The molecule has 6 nitrogen and oxygen atoms in total. The maximum absolute atomic E-state index is 12.5. The van der Waals surface area contributed by atoms with Crippen LogP contribution in [0.1, 0.15) is 5.56 Å². The van der Waals surface area contributed by atoms with Gasteiger partial charge in [0.2, 0.25) is 0 Å². The summed E-state index contributed by atoms with van der Waals surface area (Å²) in [5.41, 5.74) is -4.17. The van der Waals surface area contributed by atoms with Crippen LogP contribution in [-0.4, -0.2) is 35.9 Å². The van der Waals surface area contributed by atoms with E-state index in [1.54, 1.807) is 6.07 Å². The summed E-state index contributed by atoms with van der Waals surface area (Å²) in [7, 11) is -5.68. The molecule has 1 amide bonds. The molecule has 2 N–H and O–H groups in total. The molecule has 0 aliphatic carbocycles. The Morgan fingerprint density at radius 2 is 1.80 bits per heavy atom. The molecule has 0 aliphatic rings. The summed E-state index contributed by atoms with van der Waals surface area (Å²) >= 11 is 0. The van der Waals surface area contributed by atoms with E-state index >= 15 is 0 Å². The van der Waals surface area contributed by atoms with Crippen LogP contribution in [-0.2, 0) is 21.4 Å². The molecule has 0 fully saturated rings. The van der Waals surface area contributed by atoms with Gasteiger partial charge in [-0.3, -0.25) is 10.0 Å². The smallest absolute Gasteiger partial charge is 0.289 e. The topological polar surface area (TPSA) is 86.7 Å². The van der Waals surface area contributed by atoms with Crippen LogP contribution in [0.2, 0.25) is 0 Å². The molecule has 0 radical (unpaired) electrons. The molecular weight excluding hydrogens is 301 g/mol. The minimum Gasteiger partial charge on any atom is -0.289 e. The Hall–Kier alpha value is -1.65. The van der Waals surface area contributed by atoms with Crippen molar-refractivity contribution in [2.45, 2.75) is 12.1 Å². The van der Waals surface area contributed by atoms with Crippen LogP contribution in [0.4, 0.5) is 13.2 Å². The molecule has 112 valence electrons. The van der Waals surface area contributed by atoms with Crippen LogP contribution in [0, 0.1) is 0 Å². The second-order valence-electron chi connectivity index (χ2n) is 3.74. The minimum absolute atomic E-state index is 0.0616. The molecule has 0 spiro atoms. The van der Waals surface area contributed by atoms with Crippen molar-refractivity contribution in [3.63, 3.8) is 0 Å². The highest BCUT2D eigenvalue weighted by molar-refractivity contribution is 7.90. The second-order valence-corrected chi connectivity index (χ2v) is 5.67. The molecule has 1 aromatic rings. The first-order valence-corrected chi connectivity index (χ1v) is 6.66. The van der Waals surface area contributed by atoms with Crippen molar-refractivity contribution < 1.29 is 31.6 Å². The number of alkyl halides is 3. The fourth-order valence-corrected chi connectivity index (χ4v) is 2.25. The fraction of sp³-hybridized carbons (Fsp3) is 0.300. The molecule has 0 unspecified atom stereocenters. The summed E-state index contributed by atoms with van der Waals surface area (Å²) in [6, 6.07) is 7.46. The second kappa shape index (κ2) is 6.20. The van der Waals surface area contributed by atoms with Gasteiger partial charge in [0.1, 0.15) is 0 Å². The largest absolute Gasteiger partial charge is 0.511 e. The van der Waals surface area contributed by atoms with E-state index in [1.807, 2.05) is 0 Å². The summed E-state index contributed by atoms with van der Waals surface area (Å²) in [4.78, 5) is 11.0. The van der Waals surface area contributed by atoms with Crippen LogP contribution < -0.4 is 5.48 Å². The SMILES string of the molecule is O=C(CN(Cc1ccccc1)S(=O)(=O)C(F)(F)F)NO. The predicted molar refractivity (Wildman–Crippen MR) is 61.8 cm³/mol. The number of nitrogens with one attached hydrogen (secondary N) is 1. The number of amides is 1. The van der Waals surface area contributed by atoms with E-state index in [0.29, 0.717) is 0 Å². The van der Waals surface area contributed by atoms with Crippen molar-refractivity contribution in [3.05, 3.63) is 35.9 Å². The van der Waals surface area contributed by atoms with Gasteiger partial charge in [-0.25, -0.2) is 13.9 Å². The molecule has 0 bridgehead atoms. The number of sulfonamides is 1. The minimum atomic E-state index is -5.68. The number of rotatable bonds is 5. The maximum atomic E-state index is 12.5. The number of carbonyl (C=O) groups excluding carboxylic acids is 1. The van der Waals surface area contributed by atoms with Crippen molar-refractivity contribution in [1.29, 1.82) is 0 Å². The lowest BCUT2D eigenvalue weighted by Crippen LogP contribution is -2.45. The van der Waals surface area contributed by atoms with Gasteiger partial charge in [0.25, 0.3) is 5.91 Å². The van der Waals surface area contributed by atoms with Gasteiger partial charge in [-0.2, -0.15) is 17.5 Å². The normalized spacial score (nSPS) is 12.4. The van der Waals surface area contributed by atoms with Crippen molar-refractivity contribution >= 4 is 15.9 Å². The lowest BCUT2D eigenvalue weighted by atomic mass is 10.2. The first-order chi connectivity index (χ1) is 9.18. The molecule has 0 saturated heterocycles. The van der Waals surface area contributed by atoms with E-state index in [-0.39, 0.29) is 9.87 Å². The van der Waals surface area contributed by atoms with Gasteiger partial charge in [-0.15, -0.1) is 0 Å². The Morgan fingerprint density at radius 3 is 2.25 bits per heavy atom. The highest BCUT2D eigenvalue weighted by atomic mass is 32.2. The van der Waals surface area contributed by atoms with Crippen molar-refractivity contribution in [1.82, 2.24) is 9.79 Å². The third kappa shape index (κ3) is 3.92. The van der Waals surface area contributed by atoms with Crippen molar-refractivity contribution in [2.24, 2.45) is 0 Å². The number of benzene rings is 1. The van der Waals surface area contributed by atoms with E-state index < -0.39 is 34.5 Å². The van der Waals surface area contributed by atoms with Gasteiger partial charge < -0.3 is 0 Å². The standard InChI is InChI=1S/C10H11F3N2O4S/c11-10(12,13)20(18,19)15(7-9(16)14-17)6-8-4-2-1-3-5-8/h1-5,17H,6-7H2,(H,14,16). The number of hydrogen-bond acceptors (Lipinski definition) is 4. The highest BCUT2D eigenvalue weighted by Gasteiger charge is 2.50. The molecule has 0 aliphatic heterocycles. The van der Waals surface area contributed by atoms with E-state index in [1.165, 1.54) is 24.3 Å². The van der Waals surface area contributed by atoms with Crippen LogP contribution in [0.3, 0.4) is 0 Å². The summed E-state index contributed by atoms with van der Waals surface area (Å²) in [5, 5.41) is 8.32. The van der Waals surface area contributed by atoms with Gasteiger partial charge in [-0.1, -0.05) is 30.3 Å². The zero-order valence-electron chi connectivity index (χ0n) is 9.96. The Labute approximate surface area is 112 Å². The zero-order valence-corrected chi connectivity index (χ0v) is 10.8. The summed E-state index contributed by atoms with van der Waals surface area (Å²) < 4.78 is 60.2. The third-order valence-electron chi connectivity index (χ3n) is 2.28. The molecule has 0 heterocycles. The first-order valence-electron chi connectivity index (χ1n) is 5.21. The zero-order chi connectivity index (χ0) is 15.4. The van der Waals surface area contributed by atoms with E-state index in [2.05, 4.69) is 0 Å². The summed E-state index contributed by atoms with van der Waals surface area (Å²) in [6.45, 7) is -1.79. The summed E-state index contributed by atoms with van der Waals surface area (Å²) in [5.74, 6) is -1.27. The Bertz CT molecular complexity index is 560. The highest BCUT2D eigenvalue weighted by Crippen LogP contribution is 2.27. The molecule has 10 heteroatoms. The molecule has 0 saturated carbocycles. The van der Waals surface area contributed by atoms with Gasteiger partial charge in [-0.05, 0) is 5.56 Å². The van der Waals surface area contributed by atoms with Gasteiger partial charge >= 0.3 is 15.5 Å². The third-order valence-corrected chi connectivity index (χ3v) is 3.80. The van der Waals surface area contributed by atoms with Crippen molar-refractivity contribution in [3.8, 4) is 0 Å². The van der Waals surface area contributed by atoms with E-state index in [4.69, 9.17) is 5.21 Å². The predicted octanol–water partition coefficient (Wildman–Crippen LogP) is 0.844. The molecule has 0 aromatic heterocycles. The van der Waals surface area contributed by atoms with Crippen LogP contribution in [0.15, 0.2) is 30.3 Å². The van der Waals surface area contributed by atoms with Crippen molar-refractivity contribution in [2.75, 3.05) is 6.54 Å². The van der Waals surface area contributed by atoms with Crippen LogP contribution in [0.5, 0.6) is 0 Å². The number of nitrogens with zero attached hydrogens (tertiary/aromatic N) is 1. The van der Waals surface area contributed by atoms with Crippen LogP contribution >= 0.6 is 0 Å². The molecule has 20 heavy (non-hydrogen) atoms.